The molecule has 3 N–H and O–H groups in total. The fourth-order valence-electron chi connectivity index (χ4n) is 1.47. The van der Waals surface area contributed by atoms with Crippen molar-refractivity contribution in [2.45, 2.75) is 33.1 Å². The number of esters is 1. The van der Waals surface area contributed by atoms with Crippen molar-refractivity contribution >= 4 is 23.7 Å². The number of nitrogens with one attached hydrogen (secondary N) is 3. The van der Waals surface area contributed by atoms with Gasteiger partial charge in [0.15, 0.2) is 0 Å². The van der Waals surface area contributed by atoms with Crippen LogP contribution in [0.2, 0.25) is 0 Å². The predicted molar refractivity (Wildman–Crippen MR) is 84.3 cm³/mol. The molecule has 0 aliphatic rings. The molecule has 3 amide bonds. The molecule has 8 nitrogen and oxygen atoms in total. The van der Waals surface area contributed by atoms with Gasteiger partial charge in [-0.25, -0.2) is 0 Å². The van der Waals surface area contributed by atoms with Gasteiger partial charge in [0, 0.05) is 31.6 Å². The van der Waals surface area contributed by atoms with Gasteiger partial charge >= 0.3 is 17.8 Å². The first kappa shape index (κ1) is 20.6. The molecule has 0 atom stereocenters. The van der Waals surface area contributed by atoms with E-state index in [1.54, 1.807) is 13.8 Å². The van der Waals surface area contributed by atoms with Crippen LogP contribution in [0.4, 0.5) is 0 Å². The van der Waals surface area contributed by atoms with Crippen LogP contribution in [0.1, 0.15) is 33.1 Å². The summed E-state index contributed by atoms with van der Waals surface area (Å²) in [6.45, 7) is 8.01. The quantitative estimate of drug-likeness (QED) is 0.219. The SMILES string of the molecule is C=C(C)C(=O)NCCCNC(=O)C(=O)NCCCC(=O)OCC. The summed E-state index contributed by atoms with van der Waals surface area (Å²) in [6, 6.07) is 0. The van der Waals surface area contributed by atoms with Gasteiger partial charge in [0.05, 0.1) is 6.61 Å². The highest BCUT2D eigenvalue weighted by Gasteiger charge is 2.12. The van der Waals surface area contributed by atoms with Crippen molar-refractivity contribution in [1.82, 2.24) is 16.0 Å². The average Bonchev–Trinajstić information content (AvgIpc) is 2.50. The van der Waals surface area contributed by atoms with E-state index < -0.39 is 11.8 Å². The van der Waals surface area contributed by atoms with Crippen LogP contribution in [0.3, 0.4) is 0 Å². The zero-order valence-electron chi connectivity index (χ0n) is 13.7. The van der Waals surface area contributed by atoms with Crippen molar-refractivity contribution in [2.75, 3.05) is 26.2 Å². The molecule has 8 heteroatoms. The lowest BCUT2D eigenvalue weighted by molar-refractivity contribution is -0.143. The molecular formula is C15H25N3O5. The monoisotopic (exact) mass is 327 g/mol. The lowest BCUT2D eigenvalue weighted by Gasteiger charge is -2.07. The zero-order chi connectivity index (χ0) is 17.7. The molecule has 0 saturated heterocycles. The molecule has 0 bridgehead atoms. The van der Waals surface area contributed by atoms with E-state index in [4.69, 9.17) is 4.74 Å². The van der Waals surface area contributed by atoms with E-state index >= 15 is 0 Å². The molecule has 0 spiro atoms. The standard InChI is InChI=1S/C15H25N3O5/c1-4-23-12(19)7-5-8-17-14(21)15(22)18-10-6-9-16-13(20)11(2)3/h2,4-10H2,1,3H3,(H,16,20)(H,17,21)(H,18,22). The third-order valence-electron chi connectivity index (χ3n) is 2.67. The average molecular weight is 327 g/mol. The number of hydrogen-bond acceptors (Lipinski definition) is 5. The Kier molecular flexibility index (Phi) is 10.9. The van der Waals surface area contributed by atoms with Crippen LogP contribution in [0.15, 0.2) is 12.2 Å². The van der Waals surface area contributed by atoms with E-state index in [2.05, 4.69) is 22.5 Å². The number of amides is 3. The highest BCUT2D eigenvalue weighted by Crippen LogP contribution is 1.91. The summed E-state index contributed by atoms with van der Waals surface area (Å²) in [5.74, 6) is -2.06. The molecule has 0 aliphatic carbocycles. The first-order valence-electron chi connectivity index (χ1n) is 7.53. The fourth-order valence-corrected chi connectivity index (χ4v) is 1.47. The molecule has 0 aliphatic heterocycles. The molecule has 0 aromatic heterocycles. The van der Waals surface area contributed by atoms with Gasteiger partial charge in [-0.2, -0.15) is 0 Å². The summed E-state index contributed by atoms with van der Waals surface area (Å²) < 4.78 is 4.74. The summed E-state index contributed by atoms with van der Waals surface area (Å²) in [5.41, 5.74) is 0.413. The van der Waals surface area contributed by atoms with Crippen LogP contribution in [0.5, 0.6) is 0 Å². The zero-order valence-corrected chi connectivity index (χ0v) is 13.7. The van der Waals surface area contributed by atoms with Crippen molar-refractivity contribution < 1.29 is 23.9 Å². The van der Waals surface area contributed by atoms with E-state index in [9.17, 15) is 19.2 Å². The van der Waals surface area contributed by atoms with E-state index in [0.717, 1.165) is 0 Å². The van der Waals surface area contributed by atoms with Crippen molar-refractivity contribution in [3.8, 4) is 0 Å². The molecule has 0 fully saturated rings. The largest absolute Gasteiger partial charge is 0.466 e. The molecule has 0 rings (SSSR count). The maximum atomic E-state index is 11.5. The van der Waals surface area contributed by atoms with Crippen LogP contribution in [0.25, 0.3) is 0 Å². The predicted octanol–water partition coefficient (Wildman–Crippen LogP) is -0.355. The minimum absolute atomic E-state index is 0.193. The fraction of sp³-hybridized carbons (Fsp3) is 0.600. The maximum absolute atomic E-state index is 11.5. The molecule has 0 saturated carbocycles. The summed E-state index contributed by atoms with van der Waals surface area (Å²) in [7, 11) is 0. The number of carbonyl (C=O) groups is 4. The highest BCUT2D eigenvalue weighted by molar-refractivity contribution is 6.35. The van der Waals surface area contributed by atoms with Gasteiger partial charge in [0.25, 0.3) is 0 Å². The molecule has 130 valence electrons. The molecular weight excluding hydrogens is 302 g/mol. The summed E-state index contributed by atoms with van der Waals surface area (Å²) >= 11 is 0. The van der Waals surface area contributed by atoms with Crippen molar-refractivity contribution in [2.24, 2.45) is 0 Å². The second-order valence-corrected chi connectivity index (χ2v) is 4.81. The second kappa shape index (κ2) is 12.2. The topological polar surface area (TPSA) is 114 Å². The van der Waals surface area contributed by atoms with Crippen molar-refractivity contribution in [3.05, 3.63) is 12.2 Å². The lowest BCUT2D eigenvalue weighted by Crippen LogP contribution is -2.41. The Labute approximate surface area is 136 Å². The molecule has 0 radical (unpaired) electrons. The Morgan fingerprint density at radius 1 is 0.870 bits per heavy atom. The van der Waals surface area contributed by atoms with Crippen LogP contribution >= 0.6 is 0 Å². The third kappa shape index (κ3) is 10.9. The number of carbonyl (C=O) groups excluding carboxylic acids is 4. The normalized spacial score (nSPS) is 9.65. The summed E-state index contributed by atoms with van der Waals surface area (Å²) in [6.07, 6.45) is 1.10. The Hall–Kier alpha value is -2.38. The first-order chi connectivity index (χ1) is 10.9. The van der Waals surface area contributed by atoms with Gasteiger partial charge in [-0.15, -0.1) is 0 Å². The highest BCUT2D eigenvalue weighted by atomic mass is 16.5. The Bertz CT molecular complexity index is 448. The van der Waals surface area contributed by atoms with Crippen molar-refractivity contribution in [3.63, 3.8) is 0 Å². The van der Waals surface area contributed by atoms with Crippen LogP contribution in [0, 0.1) is 0 Å². The van der Waals surface area contributed by atoms with Gasteiger partial charge in [-0.05, 0) is 26.7 Å². The second-order valence-electron chi connectivity index (χ2n) is 4.81. The van der Waals surface area contributed by atoms with E-state index in [1.807, 2.05) is 0 Å². The van der Waals surface area contributed by atoms with Crippen LogP contribution in [-0.2, 0) is 23.9 Å². The molecule has 0 aromatic rings. The number of rotatable bonds is 10. The van der Waals surface area contributed by atoms with Gasteiger partial charge in [0.2, 0.25) is 5.91 Å². The van der Waals surface area contributed by atoms with E-state index in [1.165, 1.54) is 0 Å². The van der Waals surface area contributed by atoms with E-state index in [-0.39, 0.29) is 31.4 Å². The minimum Gasteiger partial charge on any atom is -0.466 e. The lowest BCUT2D eigenvalue weighted by atomic mass is 10.3. The number of ether oxygens (including phenoxy) is 1. The summed E-state index contributed by atoms with van der Waals surface area (Å²) in [5, 5.41) is 7.47. The van der Waals surface area contributed by atoms with Crippen LogP contribution in [-0.4, -0.2) is 49.9 Å². The first-order valence-corrected chi connectivity index (χ1v) is 7.53. The minimum atomic E-state index is -0.750. The van der Waals surface area contributed by atoms with Gasteiger partial charge in [-0.3, -0.25) is 19.2 Å². The maximum Gasteiger partial charge on any atom is 0.309 e. The Balaban J connectivity index is 3.67. The third-order valence-corrected chi connectivity index (χ3v) is 2.67. The number of hydrogen-bond donors (Lipinski definition) is 3. The van der Waals surface area contributed by atoms with E-state index in [0.29, 0.717) is 31.6 Å². The Morgan fingerprint density at radius 2 is 1.35 bits per heavy atom. The Morgan fingerprint density at radius 3 is 1.83 bits per heavy atom. The van der Waals surface area contributed by atoms with Gasteiger partial charge < -0.3 is 20.7 Å². The molecule has 0 unspecified atom stereocenters. The van der Waals surface area contributed by atoms with Gasteiger partial charge in [0.1, 0.15) is 0 Å². The molecule has 0 heterocycles. The van der Waals surface area contributed by atoms with Gasteiger partial charge in [-0.1, -0.05) is 6.58 Å². The molecule has 23 heavy (non-hydrogen) atoms. The van der Waals surface area contributed by atoms with Crippen LogP contribution < -0.4 is 16.0 Å². The summed E-state index contributed by atoms with van der Waals surface area (Å²) in [4.78, 5) is 45.2. The molecule has 0 aromatic carbocycles. The smallest absolute Gasteiger partial charge is 0.309 e. The van der Waals surface area contributed by atoms with Crippen molar-refractivity contribution in [1.29, 1.82) is 0 Å².